The van der Waals surface area contributed by atoms with Crippen molar-refractivity contribution in [2.24, 2.45) is 0 Å². The number of fused-ring (bicyclic) bond motifs is 16. The Balaban J connectivity index is 0.918. The Morgan fingerprint density at radius 2 is 0.676 bits per heavy atom. The van der Waals surface area contributed by atoms with Gasteiger partial charge in [-0.3, -0.25) is 0 Å². The van der Waals surface area contributed by atoms with Crippen molar-refractivity contribution < 1.29 is 23.0 Å². The maximum atomic E-state index is 7.70. The molecular weight excluding hydrogens is 1250 g/mol. The Hall–Kier alpha value is -11.3. The van der Waals surface area contributed by atoms with Gasteiger partial charge in [-0.1, -0.05) is 125 Å². The lowest BCUT2D eigenvalue weighted by Gasteiger charge is -2.47. The number of nitrogens with zero attached hydrogens (tertiary/aromatic N) is 2. The van der Waals surface area contributed by atoms with Crippen LogP contribution in [0.25, 0.3) is 55.3 Å². The fourth-order valence-corrected chi connectivity index (χ4v) is 19.8. The van der Waals surface area contributed by atoms with Crippen molar-refractivity contribution in [3.8, 4) is 67.9 Å². The monoisotopic (exact) mass is 1320 g/mol. The Morgan fingerprint density at radius 1 is 0.294 bits per heavy atom. The van der Waals surface area contributed by atoms with Crippen LogP contribution in [0.3, 0.4) is 0 Å². The molecule has 0 fully saturated rings. The molecule has 0 unspecified atom stereocenters. The SMILES string of the molecule is Cc1cc(C)c(-c2cc3c4c(c2)Oc2c(oc5ccccc25)B4c2cc4c(cc2N3)N(c2c(C)cc(C)cc2C)c2cc(-c3c(C)cc(C)cc3C)cc3c2B4c2cc4c(cc2N3c2c(C)cc(C)cc2C)Oc2cc(-c3c(C)cc(C)cc3C)cc3c2B4c2oc4ccccc4c2O3)c(C)c1. The molecule has 8 nitrogen and oxygen atoms in total. The zero-order valence-electron chi connectivity index (χ0n) is 60.3. The lowest BCUT2D eigenvalue weighted by molar-refractivity contribution is 0.461. The van der Waals surface area contributed by atoms with E-state index in [0.29, 0.717) is 0 Å². The lowest BCUT2D eigenvalue weighted by atomic mass is 9.30. The molecule has 0 saturated carbocycles. The van der Waals surface area contributed by atoms with Crippen LogP contribution in [0.1, 0.15) is 83.5 Å². The summed E-state index contributed by atoms with van der Waals surface area (Å²) < 4.78 is 36.8. The fourth-order valence-electron chi connectivity index (χ4n) is 19.8. The molecule has 102 heavy (non-hydrogen) atoms. The highest BCUT2D eigenvalue weighted by molar-refractivity contribution is 7.03. The molecule has 12 aromatic carbocycles. The number of rotatable bonds is 5. The van der Waals surface area contributed by atoms with E-state index in [0.717, 1.165) is 157 Å². The van der Waals surface area contributed by atoms with Crippen LogP contribution in [0.15, 0.2) is 179 Å². The first-order valence-electron chi connectivity index (χ1n) is 35.9. The van der Waals surface area contributed by atoms with Gasteiger partial charge in [0, 0.05) is 51.1 Å². The quantitative estimate of drug-likeness (QED) is 0.171. The van der Waals surface area contributed by atoms with E-state index in [-0.39, 0.29) is 13.4 Å². The standard InChI is InChI=1S/C91H74B3N3O5/c1-44-24-49(6)80(50(7)25-44)59-34-69-83-77(37-59)99-88-62-20-16-18-22-74(62)101-90(88)93(83)64-40-65-70(42-68(64)95-69)96(86-55(12)30-47(4)31-56(86)13)72-35-60(81-51(8)26-45(2)27-52(81)9)36-73-84(72)92(65)66-41-67-76(43-71(66)97(73)87-57(14)32-48(5)33-58(87)15)98-78-38-61(82-53(10)28-46(3)29-54(82)11)39-79-85(78)94(67)91-89(100-79)63-21-17-19-23-75(63)102-91/h16-43,95H,1-15H3. The summed E-state index contributed by atoms with van der Waals surface area (Å²) in [4.78, 5) is 5.25. The smallest absolute Gasteiger partial charge is 0.305 e. The molecule has 0 aliphatic carbocycles. The van der Waals surface area contributed by atoms with E-state index in [1.807, 2.05) is 6.07 Å². The Labute approximate surface area is 596 Å². The second-order valence-electron chi connectivity index (χ2n) is 30.5. The third-order valence-corrected chi connectivity index (χ3v) is 23.0. The summed E-state index contributed by atoms with van der Waals surface area (Å²) in [5, 5.41) is 6.08. The number of hydrogen-bond acceptors (Lipinski definition) is 8. The van der Waals surface area contributed by atoms with Gasteiger partial charge in [-0.15, -0.1) is 0 Å². The van der Waals surface area contributed by atoms with Crippen LogP contribution in [-0.2, 0) is 0 Å². The third-order valence-electron chi connectivity index (χ3n) is 23.0. The molecule has 14 aromatic rings. The molecule has 0 saturated heterocycles. The van der Waals surface area contributed by atoms with Gasteiger partial charge in [0.25, 0.3) is 6.71 Å². The first-order chi connectivity index (χ1) is 49.2. The predicted octanol–water partition coefficient (Wildman–Crippen LogP) is 18.3. The Morgan fingerprint density at radius 3 is 1.15 bits per heavy atom. The van der Waals surface area contributed by atoms with E-state index in [4.69, 9.17) is 23.0 Å². The van der Waals surface area contributed by atoms with E-state index in [1.54, 1.807) is 0 Å². The molecule has 0 atom stereocenters. The number of ether oxygens (including phenoxy) is 3. The summed E-state index contributed by atoms with van der Waals surface area (Å²) in [6.07, 6.45) is 0. The highest BCUT2D eigenvalue weighted by Gasteiger charge is 2.52. The third kappa shape index (κ3) is 8.54. The van der Waals surface area contributed by atoms with Gasteiger partial charge in [0.1, 0.15) is 45.5 Å². The molecule has 0 amide bonds. The number of furan rings is 2. The summed E-state index contributed by atoms with van der Waals surface area (Å²) in [6, 6.07) is 64.0. The molecule has 0 bridgehead atoms. The second-order valence-corrected chi connectivity index (χ2v) is 30.5. The van der Waals surface area contributed by atoms with Crippen molar-refractivity contribution in [2.75, 3.05) is 15.1 Å². The van der Waals surface area contributed by atoms with Gasteiger partial charge in [0.15, 0.2) is 11.5 Å². The van der Waals surface area contributed by atoms with Crippen LogP contribution in [0.2, 0.25) is 0 Å². The van der Waals surface area contributed by atoms with Crippen molar-refractivity contribution in [1.82, 2.24) is 0 Å². The van der Waals surface area contributed by atoms with Gasteiger partial charge >= 0.3 is 13.4 Å². The second kappa shape index (κ2) is 21.4. The summed E-state index contributed by atoms with van der Waals surface area (Å²) in [5.74, 6) is 4.61. The van der Waals surface area contributed by atoms with Gasteiger partial charge in [0.2, 0.25) is 0 Å². The van der Waals surface area contributed by atoms with Gasteiger partial charge in [-0.25, -0.2) is 0 Å². The van der Waals surface area contributed by atoms with E-state index in [9.17, 15) is 0 Å². The molecule has 6 aliphatic heterocycles. The molecular formula is C91H74B3N3O5. The topological polar surface area (TPSA) is 72.5 Å². The summed E-state index contributed by atoms with van der Waals surface area (Å²) >= 11 is 0. The number of hydrogen-bond donors (Lipinski definition) is 1. The highest BCUT2D eigenvalue weighted by atomic mass is 16.5. The maximum absolute atomic E-state index is 7.70. The summed E-state index contributed by atoms with van der Waals surface area (Å²) in [6.45, 7) is 32.6. The minimum Gasteiger partial charge on any atom is -0.466 e. The number of para-hydroxylation sites is 2. The molecule has 6 aliphatic rings. The first kappa shape index (κ1) is 60.7. The van der Waals surface area contributed by atoms with Crippen LogP contribution in [0, 0.1) is 104 Å². The number of anilines is 8. The Bertz CT molecular complexity index is 5750. The molecule has 492 valence electrons. The average Bonchev–Trinajstić information content (AvgIpc) is 0.812. The van der Waals surface area contributed by atoms with Crippen LogP contribution < -0.4 is 78.9 Å². The highest BCUT2D eigenvalue weighted by Crippen LogP contribution is 2.53. The minimum atomic E-state index is -0.396. The molecule has 0 spiro atoms. The molecule has 20 rings (SSSR count). The van der Waals surface area contributed by atoms with Gasteiger partial charge in [-0.05, 0) is 287 Å². The van der Waals surface area contributed by atoms with Crippen LogP contribution in [0.5, 0.6) is 34.5 Å². The maximum Gasteiger partial charge on any atom is 0.305 e. The van der Waals surface area contributed by atoms with Gasteiger partial charge in [0.05, 0.1) is 22.1 Å². The van der Waals surface area contributed by atoms with E-state index >= 15 is 0 Å². The molecule has 8 heterocycles. The molecule has 11 heteroatoms. The normalized spacial score (nSPS) is 13.7. The van der Waals surface area contributed by atoms with Crippen molar-refractivity contribution in [3.63, 3.8) is 0 Å². The van der Waals surface area contributed by atoms with Crippen LogP contribution >= 0.6 is 0 Å². The zero-order chi connectivity index (χ0) is 69.6. The van der Waals surface area contributed by atoms with Crippen molar-refractivity contribution >= 4 is 137 Å². The molecule has 0 radical (unpaired) electrons. The first-order valence-corrected chi connectivity index (χ1v) is 35.9. The minimum absolute atomic E-state index is 0.342. The molecule has 1 N–H and O–H groups in total. The predicted molar refractivity (Wildman–Crippen MR) is 426 cm³/mol. The van der Waals surface area contributed by atoms with Crippen molar-refractivity contribution in [1.29, 1.82) is 0 Å². The van der Waals surface area contributed by atoms with Crippen LogP contribution in [-0.4, -0.2) is 20.1 Å². The molecule has 2 aromatic heterocycles. The number of benzene rings is 12. The number of aryl methyl sites for hydroxylation is 15. The van der Waals surface area contributed by atoms with Gasteiger partial charge in [-0.2, -0.15) is 0 Å². The Kier molecular flexibility index (Phi) is 12.7. The summed E-state index contributed by atoms with van der Waals surface area (Å²) in [7, 11) is 0. The van der Waals surface area contributed by atoms with Crippen LogP contribution in [0.4, 0.5) is 45.5 Å². The number of nitrogens with one attached hydrogen (secondary N) is 1. The van der Waals surface area contributed by atoms with E-state index < -0.39 is 6.71 Å². The summed E-state index contributed by atoms with van der Waals surface area (Å²) in [5.41, 5.74) is 44.7. The van der Waals surface area contributed by atoms with E-state index in [1.165, 1.54) is 111 Å². The zero-order valence-corrected chi connectivity index (χ0v) is 60.3. The van der Waals surface area contributed by atoms with E-state index in [2.05, 4.69) is 283 Å². The lowest BCUT2D eigenvalue weighted by Crippen LogP contribution is -2.65. The largest absolute Gasteiger partial charge is 0.466 e. The average molecular weight is 1320 g/mol. The fraction of sp³-hybridized carbons (Fsp3) is 0.165. The van der Waals surface area contributed by atoms with Crippen molar-refractivity contribution in [3.05, 3.63) is 253 Å². The van der Waals surface area contributed by atoms with Crippen molar-refractivity contribution in [2.45, 2.75) is 104 Å². The van der Waals surface area contributed by atoms with Gasteiger partial charge < -0.3 is 38.2 Å².